The Balaban J connectivity index is 0.000001000. The Morgan fingerprint density at radius 3 is 2.82 bits per heavy atom. The van der Waals surface area contributed by atoms with Crippen LogP contribution in [0.5, 0.6) is 0 Å². The molecule has 0 N–H and O–H groups in total. The van der Waals surface area contributed by atoms with Crippen LogP contribution in [0.25, 0.3) is 0 Å². The quantitative estimate of drug-likeness (QED) is 0.392. The Bertz CT molecular complexity index is 228. The first-order chi connectivity index (χ1) is 4.72. The van der Waals surface area contributed by atoms with Gasteiger partial charge in [-0.1, -0.05) is 0 Å². The number of aromatic nitrogens is 2. The Morgan fingerprint density at radius 1 is 1.82 bits per heavy atom. The molecule has 1 atom stereocenters. The van der Waals surface area contributed by atoms with Gasteiger partial charge in [-0.25, -0.2) is 0 Å². The molecule has 54 valence electrons. The minimum atomic E-state index is -1.25. The minimum absolute atomic E-state index is 0. The van der Waals surface area contributed by atoms with E-state index in [2.05, 4.69) is 22.8 Å². The molecule has 0 fully saturated rings. The van der Waals surface area contributed by atoms with E-state index in [0.717, 1.165) is 11.3 Å². The van der Waals surface area contributed by atoms with Crippen LogP contribution >= 0.6 is 24.0 Å². The molecule has 1 unspecified atom stereocenters. The molecule has 0 saturated carbocycles. The average Bonchev–Trinajstić information content (AvgIpc) is 2.36. The van der Waals surface area contributed by atoms with Crippen molar-refractivity contribution in [3.05, 3.63) is 10.5 Å². The van der Waals surface area contributed by atoms with E-state index in [1.54, 1.807) is 0 Å². The maximum Gasteiger partial charge on any atom is 1.00 e. The van der Waals surface area contributed by atoms with Gasteiger partial charge in [0.2, 0.25) is 0 Å². The molecule has 0 amide bonds. The van der Waals surface area contributed by atoms with Gasteiger partial charge < -0.3 is 9.90 Å². The number of carboxylic acid groups (broad SMARTS) is 1. The zero-order chi connectivity index (χ0) is 7.56. The van der Waals surface area contributed by atoms with Gasteiger partial charge in [0.15, 0.2) is 0 Å². The van der Waals surface area contributed by atoms with Gasteiger partial charge in [0, 0.05) is 0 Å². The summed E-state index contributed by atoms with van der Waals surface area (Å²) >= 11 is 4.87. The van der Waals surface area contributed by atoms with E-state index in [-0.39, 0.29) is 29.6 Å². The summed E-state index contributed by atoms with van der Waals surface area (Å²) < 4.78 is 0. The summed E-state index contributed by atoms with van der Waals surface area (Å²) in [5, 5.41) is 16.5. The third kappa shape index (κ3) is 3.08. The smallest absolute Gasteiger partial charge is 0.548 e. The molecule has 0 aromatic carbocycles. The van der Waals surface area contributed by atoms with Crippen molar-refractivity contribution in [1.82, 2.24) is 10.2 Å². The van der Waals surface area contributed by atoms with Gasteiger partial charge in [0.25, 0.3) is 0 Å². The van der Waals surface area contributed by atoms with Crippen molar-refractivity contribution in [3.8, 4) is 0 Å². The Morgan fingerprint density at radius 2 is 2.45 bits per heavy atom. The number of aliphatic carboxylic acids is 1. The van der Waals surface area contributed by atoms with Gasteiger partial charge in [-0.3, -0.25) is 0 Å². The third-order valence-electron chi connectivity index (χ3n) is 0.834. The van der Waals surface area contributed by atoms with Crippen LogP contribution in [0.2, 0.25) is 0 Å². The van der Waals surface area contributed by atoms with E-state index < -0.39 is 11.2 Å². The van der Waals surface area contributed by atoms with Crippen LogP contribution in [-0.2, 0) is 4.79 Å². The molecule has 11 heavy (non-hydrogen) atoms. The van der Waals surface area contributed by atoms with Crippen molar-refractivity contribution in [3.63, 3.8) is 0 Å². The van der Waals surface area contributed by atoms with Crippen LogP contribution in [0.4, 0.5) is 0 Å². The largest absolute Gasteiger partial charge is 1.00 e. The predicted octanol–water partition coefficient (Wildman–Crippen LogP) is -3.74. The van der Waals surface area contributed by atoms with Gasteiger partial charge in [-0.2, -0.15) is 12.6 Å². The molecule has 0 aliphatic rings. The van der Waals surface area contributed by atoms with Gasteiger partial charge in [0.1, 0.15) is 10.5 Å². The second-order valence-corrected chi connectivity index (χ2v) is 2.88. The molecule has 0 saturated heterocycles. The number of nitrogens with zero attached hydrogens (tertiary/aromatic N) is 2. The van der Waals surface area contributed by atoms with Crippen LogP contribution < -0.4 is 34.7 Å². The second kappa shape index (κ2) is 5.10. The number of rotatable bonds is 2. The summed E-state index contributed by atoms with van der Waals surface area (Å²) in [5.74, 6) is -1.25. The predicted molar refractivity (Wildman–Crippen MR) is 36.6 cm³/mol. The summed E-state index contributed by atoms with van der Waals surface area (Å²) in [6, 6.07) is 0. The maximum atomic E-state index is 10.1. The number of thiol groups is 1. The number of carbonyl (C=O) groups excluding carboxylic acids is 1. The van der Waals surface area contributed by atoms with E-state index >= 15 is 0 Å². The molecular formula is C4H3N2NaO2S2. The van der Waals surface area contributed by atoms with Crippen molar-refractivity contribution in [2.75, 3.05) is 0 Å². The Kier molecular flexibility index (Phi) is 5.28. The molecule has 0 radical (unpaired) electrons. The van der Waals surface area contributed by atoms with Crippen LogP contribution in [-0.4, -0.2) is 16.2 Å². The van der Waals surface area contributed by atoms with E-state index in [1.807, 2.05) is 0 Å². The molecular weight excluding hydrogens is 195 g/mol. The number of carbonyl (C=O) groups is 1. The summed E-state index contributed by atoms with van der Waals surface area (Å²) in [6.45, 7) is 0. The second-order valence-electron chi connectivity index (χ2n) is 1.50. The monoisotopic (exact) mass is 198 g/mol. The van der Waals surface area contributed by atoms with Crippen LogP contribution in [0, 0.1) is 0 Å². The van der Waals surface area contributed by atoms with Crippen molar-refractivity contribution in [2.24, 2.45) is 0 Å². The Hall–Kier alpha value is 0.380. The van der Waals surface area contributed by atoms with Gasteiger partial charge >= 0.3 is 29.6 Å². The first-order valence-electron chi connectivity index (χ1n) is 2.37. The molecule has 4 nitrogen and oxygen atoms in total. The zero-order valence-electron chi connectivity index (χ0n) is 5.72. The summed E-state index contributed by atoms with van der Waals surface area (Å²) in [6.07, 6.45) is 0. The fourth-order valence-corrected chi connectivity index (χ4v) is 1.16. The number of hydrogen-bond acceptors (Lipinski definition) is 6. The molecule has 0 aliphatic carbocycles. The normalized spacial score (nSPS) is 11.7. The van der Waals surface area contributed by atoms with Crippen LogP contribution in [0.15, 0.2) is 5.51 Å². The third-order valence-corrected chi connectivity index (χ3v) is 2.22. The fraction of sp³-hybridized carbons (Fsp3) is 0.250. The number of hydrogen-bond donors (Lipinski definition) is 1. The summed E-state index contributed by atoms with van der Waals surface area (Å²) in [7, 11) is 0. The minimum Gasteiger partial charge on any atom is -0.548 e. The zero-order valence-corrected chi connectivity index (χ0v) is 9.43. The molecule has 1 aromatic rings. The van der Waals surface area contributed by atoms with Crippen molar-refractivity contribution < 1.29 is 39.5 Å². The SMILES string of the molecule is O=C([O-])C(S)c1nncs1.[Na+]. The molecule has 0 aliphatic heterocycles. The average molecular weight is 198 g/mol. The van der Waals surface area contributed by atoms with Crippen molar-refractivity contribution in [2.45, 2.75) is 5.25 Å². The standard InChI is InChI=1S/C4H4N2O2S2.Na/c7-4(8)2(9)3-6-5-1-10-3;/h1-2,9H,(H,7,8);/q;+1/p-1. The summed E-state index contributed by atoms with van der Waals surface area (Å²) in [5.41, 5.74) is 1.45. The van der Waals surface area contributed by atoms with Gasteiger partial charge in [-0.15, -0.1) is 21.5 Å². The molecule has 1 heterocycles. The van der Waals surface area contributed by atoms with Crippen LogP contribution in [0.3, 0.4) is 0 Å². The maximum absolute atomic E-state index is 10.1. The number of carboxylic acids is 1. The molecule has 0 spiro atoms. The molecule has 7 heteroatoms. The molecule has 0 bridgehead atoms. The van der Waals surface area contributed by atoms with Crippen molar-refractivity contribution >= 4 is 29.9 Å². The fourth-order valence-electron chi connectivity index (χ4n) is 0.402. The van der Waals surface area contributed by atoms with Crippen molar-refractivity contribution in [1.29, 1.82) is 0 Å². The first-order valence-corrected chi connectivity index (χ1v) is 3.76. The topological polar surface area (TPSA) is 65.9 Å². The first kappa shape index (κ1) is 11.4. The summed E-state index contributed by atoms with van der Waals surface area (Å²) in [4.78, 5) is 10.1. The van der Waals surface area contributed by atoms with E-state index in [1.165, 1.54) is 5.51 Å². The van der Waals surface area contributed by atoms with E-state index in [4.69, 9.17) is 0 Å². The molecule has 1 rings (SSSR count). The van der Waals surface area contributed by atoms with Gasteiger partial charge in [-0.05, 0) is 0 Å². The molecule has 1 aromatic heterocycles. The Labute approximate surface area is 94.7 Å². The van der Waals surface area contributed by atoms with E-state index in [9.17, 15) is 9.90 Å². The van der Waals surface area contributed by atoms with E-state index in [0.29, 0.717) is 5.01 Å². The van der Waals surface area contributed by atoms with Gasteiger partial charge in [0.05, 0.1) is 11.2 Å². The van der Waals surface area contributed by atoms with Crippen LogP contribution in [0.1, 0.15) is 10.3 Å².